The zero-order chi connectivity index (χ0) is 16.1. The van der Waals surface area contributed by atoms with Crippen molar-refractivity contribution in [2.75, 3.05) is 24.2 Å². The lowest BCUT2D eigenvalue weighted by Crippen LogP contribution is -2.08. The Morgan fingerprint density at radius 3 is 2.77 bits per heavy atom. The van der Waals surface area contributed by atoms with Crippen molar-refractivity contribution in [3.63, 3.8) is 0 Å². The number of benzene rings is 1. The van der Waals surface area contributed by atoms with Gasteiger partial charge < -0.3 is 15.2 Å². The van der Waals surface area contributed by atoms with Crippen molar-refractivity contribution in [3.05, 3.63) is 42.1 Å². The Hall–Kier alpha value is -2.61. The molecule has 0 bridgehead atoms. The number of hydrogen-bond acceptors (Lipinski definition) is 5. The zero-order valence-corrected chi connectivity index (χ0v) is 12.8. The molecule has 0 saturated carbocycles. The van der Waals surface area contributed by atoms with Gasteiger partial charge in [0.2, 0.25) is 5.88 Å². The third kappa shape index (κ3) is 3.53. The molecular formula is C14H15N3O4S. The van der Waals surface area contributed by atoms with Gasteiger partial charge >= 0.3 is 5.97 Å². The molecular weight excluding hydrogens is 306 g/mol. The van der Waals surface area contributed by atoms with Crippen LogP contribution in [0.1, 0.15) is 10.4 Å². The maximum atomic E-state index is 12.4. The number of hydrogen-bond donors (Lipinski definition) is 3. The summed E-state index contributed by atoms with van der Waals surface area (Å²) in [6, 6.07) is 7.61. The first-order valence-corrected chi connectivity index (χ1v) is 7.43. The van der Waals surface area contributed by atoms with Crippen molar-refractivity contribution < 1.29 is 18.8 Å². The molecule has 116 valence electrons. The first kappa shape index (κ1) is 15.8. The van der Waals surface area contributed by atoms with Crippen molar-refractivity contribution in [2.24, 2.45) is 0 Å². The molecule has 3 N–H and O–H groups in total. The van der Waals surface area contributed by atoms with Crippen molar-refractivity contribution in [1.82, 2.24) is 4.98 Å². The van der Waals surface area contributed by atoms with Crippen molar-refractivity contribution >= 4 is 28.3 Å². The molecule has 0 radical (unpaired) electrons. The van der Waals surface area contributed by atoms with E-state index in [2.05, 4.69) is 15.0 Å². The zero-order valence-electron chi connectivity index (χ0n) is 12.0. The van der Waals surface area contributed by atoms with Gasteiger partial charge in [0, 0.05) is 7.05 Å². The molecule has 7 nitrogen and oxygen atoms in total. The summed E-state index contributed by atoms with van der Waals surface area (Å²) in [6.07, 6.45) is 1.58. The SMILES string of the molecule is CNc1cnc(OC)c(NS(=O)c2cccc(C(=O)O)c2)c1. The molecule has 1 heterocycles. The van der Waals surface area contributed by atoms with E-state index in [0.717, 1.165) is 5.69 Å². The van der Waals surface area contributed by atoms with Crippen molar-refractivity contribution in [1.29, 1.82) is 0 Å². The van der Waals surface area contributed by atoms with Crippen LogP contribution in [0.5, 0.6) is 5.88 Å². The average Bonchev–Trinajstić information content (AvgIpc) is 2.54. The molecule has 2 aromatic rings. The largest absolute Gasteiger partial charge is 0.479 e. The quantitative estimate of drug-likeness (QED) is 0.752. The number of carbonyl (C=O) groups is 1. The van der Waals surface area contributed by atoms with E-state index in [1.165, 1.54) is 25.3 Å². The van der Waals surface area contributed by atoms with Crippen LogP contribution >= 0.6 is 0 Å². The number of aromatic carboxylic acids is 1. The fourth-order valence-electron chi connectivity index (χ4n) is 1.73. The van der Waals surface area contributed by atoms with Crippen LogP contribution in [-0.2, 0) is 11.0 Å². The summed E-state index contributed by atoms with van der Waals surface area (Å²) in [6.45, 7) is 0. The number of pyridine rings is 1. The maximum absolute atomic E-state index is 12.4. The predicted molar refractivity (Wildman–Crippen MR) is 83.8 cm³/mol. The van der Waals surface area contributed by atoms with Gasteiger partial charge in [-0.1, -0.05) is 6.07 Å². The number of ether oxygens (including phenoxy) is 1. The van der Waals surface area contributed by atoms with Crippen molar-refractivity contribution in [2.45, 2.75) is 4.90 Å². The van der Waals surface area contributed by atoms with E-state index in [9.17, 15) is 9.00 Å². The fourth-order valence-corrected chi connectivity index (χ4v) is 2.63. The topological polar surface area (TPSA) is 101 Å². The summed E-state index contributed by atoms with van der Waals surface area (Å²) in [5.74, 6) is -0.781. The minimum absolute atomic E-state index is 0.0710. The number of carboxylic acids is 1. The molecule has 1 aromatic carbocycles. The summed E-state index contributed by atoms with van der Waals surface area (Å²) in [5.41, 5.74) is 1.23. The lowest BCUT2D eigenvalue weighted by Gasteiger charge is -2.11. The summed E-state index contributed by atoms with van der Waals surface area (Å²) in [7, 11) is 1.55. The minimum atomic E-state index is -1.64. The lowest BCUT2D eigenvalue weighted by molar-refractivity contribution is 0.0696. The average molecular weight is 321 g/mol. The molecule has 1 atom stereocenters. The number of nitrogens with one attached hydrogen (secondary N) is 2. The Labute approximate surface area is 129 Å². The van der Waals surface area contributed by atoms with Crippen LogP contribution in [0.3, 0.4) is 0 Å². The van der Waals surface area contributed by atoms with Gasteiger partial charge in [0.1, 0.15) is 16.7 Å². The smallest absolute Gasteiger partial charge is 0.335 e. The van der Waals surface area contributed by atoms with Gasteiger partial charge in [-0.2, -0.15) is 0 Å². The van der Waals surface area contributed by atoms with Gasteiger partial charge in [0.15, 0.2) is 0 Å². The third-order valence-electron chi connectivity index (χ3n) is 2.83. The van der Waals surface area contributed by atoms with Crippen LogP contribution in [0, 0.1) is 0 Å². The highest BCUT2D eigenvalue weighted by atomic mass is 32.2. The van der Waals surface area contributed by atoms with Gasteiger partial charge in [0.25, 0.3) is 0 Å². The number of nitrogens with zero attached hydrogens (tertiary/aromatic N) is 1. The van der Waals surface area contributed by atoms with Crippen LogP contribution in [-0.4, -0.2) is 34.4 Å². The second kappa shape index (κ2) is 6.90. The minimum Gasteiger partial charge on any atom is -0.479 e. The normalized spacial score (nSPS) is 11.5. The van der Waals surface area contributed by atoms with Crippen LogP contribution in [0.4, 0.5) is 11.4 Å². The molecule has 0 aliphatic heterocycles. The molecule has 1 aromatic heterocycles. The van der Waals surface area contributed by atoms with Crippen molar-refractivity contribution in [3.8, 4) is 5.88 Å². The van der Waals surface area contributed by atoms with E-state index in [0.29, 0.717) is 16.5 Å². The summed E-state index contributed by atoms with van der Waals surface area (Å²) in [4.78, 5) is 15.4. The lowest BCUT2D eigenvalue weighted by atomic mass is 10.2. The molecule has 0 amide bonds. The molecule has 1 unspecified atom stereocenters. The molecule has 22 heavy (non-hydrogen) atoms. The maximum Gasteiger partial charge on any atom is 0.335 e. The van der Waals surface area contributed by atoms with E-state index < -0.39 is 17.0 Å². The Morgan fingerprint density at radius 1 is 1.36 bits per heavy atom. The Balaban J connectivity index is 2.28. The number of rotatable bonds is 6. The summed E-state index contributed by atoms with van der Waals surface area (Å²) in [5, 5.41) is 11.9. The monoisotopic (exact) mass is 321 g/mol. The van der Waals surface area contributed by atoms with Gasteiger partial charge in [-0.15, -0.1) is 0 Å². The Kier molecular flexibility index (Phi) is 4.95. The summed E-state index contributed by atoms with van der Waals surface area (Å²) >= 11 is 0. The Morgan fingerprint density at radius 2 is 2.14 bits per heavy atom. The van der Waals surface area contributed by atoms with Crippen LogP contribution in [0.15, 0.2) is 41.4 Å². The number of aromatic nitrogens is 1. The van der Waals surface area contributed by atoms with E-state index in [4.69, 9.17) is 9.84 Å². The molecule has 2 rings (SSSR count). The molecule has 0 aliphatic rings. The number of anilines is 2. The van der Waals surface area contributed by atoms with Crippen LogP contribution in [0.2, 0.25) is 0 Å². The van der Waals surface area contributed by atoms with E-state index in [1.54, 1.807) is 25.4 Å². The van der Waals surface area contributed by atoms with Crippen LogP contribution < -0.4 is 14.8 Å². The Bertz CT molecular complexity index is 721. The first-order valence-electron chi connectivity index (χ1n) is 6.28. The summed E-state index contributed by atoms with van der Waals surface area (Å²) < 4.78 is 20.2. The second-order valence-corrected chi connectivity index (χ2v) is 5.45. The molecule has 0 saturated heterocycles. The highest BCUT2D eigenvalue weighted by Crippen LogP contribution is 2.26. The van der Waals surface area contributed by atoms with Gasteiger partial charge in [-0.25, -0.2) is 14.0 Å². The fraction of sp³-hybridized carbons (Fsp3) is 0.143. The highest BCUT2D eigenvalue weighted by Gasteiger charge is 2.12. The molecule has 0 aliphatic carbocycles. The molecule has 0 spiro atoms. The molecule has 0 fully saturated rings. The number of carboxylic acid groups (broad SMARTS) is 1. The molecule has 8 heteroatoms. The van der Waals surface area contributed by atoms with Gasteiger partial charge in [-0.3, -0.25) is 4.72 Å². The number of methoxy groups -OCH3 is 1. The third-order valence-corrected chi connectivity index (χ3v) is 3.92. The van der Waals surface area contributed by atoms with E-state index in [1.807, 2.05) is 0 Å². The highest BCUT2D eigenvalue weighted by molar-refractivity contribution is 7.86. The van der Waals surface area contributed by atoms with Gasteiger partial charge in [-0.05, 0) is 24.3 Å². The second-order valence-electron chi connectivity index (χ2n) is 4.23. The van der Waals surface area contributed by atoms with E-state index in [-0.39, 0.29) is 5.56 Å². The van der Waals surface area contributed by atoms with Crippen LogP contribution in [0.25, 0.3) is 0 Å². The first-order chi connectivity index (χ1) is 10.5. The van der Waals surface area contributed by atoms with Gasteiger partial charge in [0.05, 0.1) is 29.5 Å². The van der Waals surface area contributed by atoms with E-state index >= 15 is 0 Å². The predicted octanol–water partition coefficient (Wildman–Crippen LogP) is 1.96. The standard InChI is InChI=1S/C14H15N3O4S/c1-15-10-7-12(13(21-2)16-8-10)17-22(20)11-5-3-4-9(6-11)14(18)19/h3-8,15,17H,1-2H3,(H,18,19).